The fourth-order valence-electron chi connectivity index (χ4n) is 2.81. The van der Waals surface area contributed by atoms with Gasteiger partial charge in [-0.2, -0.15) is 0 Å². The number of piperidine rings is 1. The topological polar surface area (TPSA) is 50.2 Å². The summed E-state index contributed by atoms with van der Waals surface area (Å²) in [7, 11) is 0. The zero-order chi connectivity index (χ0) is 15.5. The van der Waals surface area contributed by atoms with Crippen molar-refractivity contribution in [1.29, 1.82) is 0 Å². The third-order valence-corrected chi connectivity index (χ3v) is 5.39. The van der Waals surface area contributed by atoms with E-state index in [4.69, 9.17) is 11.6 Å². The third kappa shape index (κ3) is 3.44. The molecule has 2 aromatic rings. The summed E-state index contributed by atoms with van der Waals surface area (Å²) in [6.45, 7) is 4.27. The number of hydrogen-bond donors (Lipinski definition) is 1. The lowest BCUT2D eigenvalue weighted by atomic mass is 9.93. The van der Waals surface area contributed by atoms with Gasteiger partial charge in [0.2, 0.25) is 0 Å². The molecule has 7 heteroatoms. The van der Waals surface area contributed by atoms with Gasteiger partial charge in [0, 0.05) is 30.4 Å². The largest absolute Gasteiger partial charge is 0.333 e. The Balaban J connectivity index is 1.58. The van der Waals surface area contributed by atoms with E-state index >= 15 is 0 Å². The fourth-order valence-corrected chi connectivity index (χ4v) is 3.84. The Hall–Kier alpha value is -1.53. The maximum Gasteiger partial charge on any atom is 0.317 e. The van der Waals surface area contributed by atoms with Crippen LogP contribution in [0.25, 0.3) is 0 Å². The Kier molecular flexibility index (Phi) is 4.69. The van der Waals surface area contributed by atoms with Gasteiger partial charge < -0.3 is 14.8 Å². The number of likely N-dealkylation sites (tertiary alicyclic amines) is 1. The van der Waals surface area contributed by atoms with Crippen molar-refractivity contribution in [3.05, 3.63) is 40.1 Å². The molecule has 22 heavy (non-hydrogen) atoms. The molecule has 1 saturated heterocycles. The Morgan fingerprint density at radius 1 is 1.55 bits per heavy atom. The molecule has 0 unspecified atom stereocenters. The second-order valence-corrected chi connectivity index (χ2v) is 7.45. The van der Waals surface area contributed by atoms with Crippen molar-refractivity contribution in [3.63, 3.8) is 0 Å². The number of hydrogen-bond acceptors (Lipinski definition) is 3. The number of carbonyl (C=O) groups is 1. The number of halogens is 1. The number of rotatable bonds is 3. The van der Waals surface area contributed by atoms with Gasteiger partial charge in [0.1, 0.15) is 0 Å². The van der Waals surface area contributed by atoms with E-state index in [0.29, 0.717) is 19.0 Å². The van der Waals surface area contributed by atoms with Crippen LogP contribution in [0.2, 0.25) is 4.34 Å². The molecule has 2 aromatic heterocycles. The first-order valence-electron chi connectivity index (χ1n) is 7.38. The number of carbonyl (C=O) groups excluding carboxylic acids is 1. The minimum Gasteiger partial charge on any atom is -0.333 e. The van der Waals surface area contributed by atoms with E-state index in [1.54, 1.807) is 6.20 Å². The van der Waals surface area contributed by atoms with Crippen molar-refractivity contribution >= 4 is 29.0 Å². The minimum absolute atomic E-state index is 0.0125. The highest BCUT2D eigenvalue weighted by Crippen LogP contribution is 2.27. The molecule has 3 rings (SSSR count). The normalized spacial score (nSPS) is 21.8. The van der Waals surface area contributed by atoms with E-state index in [2.05, 4.69) is 21.8 Å². The first kappa shape index (κ1) is 15.4. The van der Waals surface area contributed by atoms with Gasteiger partial charge in [-0.15, -0.1) is 11.3 Å². The summed E-state index contributed by atoms with van der Waals surface area (Å²) in [5.74, 6) is 0.536. The molecule has 1 aliphatic heterocycles. The fraction of sp³-hybridized carbons (Fsp3) is 0.467. The summed E-state index contributed by atoms with van der Waals surface area (Å²) < 4.78 is 2.85. The standard InChI is InChI=1S/C15H19ClN4OS/c1-11-4-6-19(9-13(11)20-7-5-17-10-20)15(21)18-8-12-2-3-14(16)22-12/h2-3,5,7,10-11,13H,4,6,8-9H2,1H3,(H,18,21)/t11-,13-/m0/s1. The highest BCUT2D eigenvalue weighted by Gasteiger charge is 2.29. The Bertz CT molecular complexity index is 627. The van der Waals surface area contributed by atoms with Gasteiger partial charge in [-0.05, 0) is 24.5 Å². The van der Waals surface area contributed by atoms with Crippen LogP contribution in [0.15, 0.2) is 30.9 Å². The highest BCUT2D eigenvalue weighted by atomic mass is 35.5. The lowest BCUT2D eigenvalue weighted by molar-refractivity contribution is 0.140. The summed E-state index contributed by atoms with van der Waals surface area (Å²) in [4.78, 5) is 19.4. The quantitative estimate of drug-likeness (QED) is 0.932. The van der Waals surface area contributed by atoms with E-state index in [9.17, 15) is 4.79 Å². The van der Waals surface area contributed by atoms with E-state index in [1.807, 2.05) is 29.6 Å². The average molecular weight is 339 g/mol. The molecule has 0 spiro atoms. The monoisotopic (exact) mass is 338 g/mol. The summed E-state index contributed by atoms with van der Waals surface area (Å²) >= 11 is 7.40. The SMILES string of the molecule is C[C@H]1CCN(C(=O)NCc2ccc(Cl)s2)C[C@@H]1n1ccnc1. The van der Waals surface area contributed by atoms with Gasteiger partial charge in [-0.3, -0.25) is 0 Å². The van der Waals surface area contributed by atoms with Gasteiger partial charge in [0.25, 0.3) is 0 Å². The van der Waals surface area contributed by atoms with Gasteiger partial charge in [-0.25, -0.2) is 9.78 Å². The van der Waals surface area contributed by atoms with Crippen LogP contribution in [0.1, 0.15) is 24.3 Å². The molecule has 3 heterocycles. The molecular formula is C15H19ClN4OS. The molecular weight excluding hydrogens is 320 g/mol. The first-order chi connectivity index (χ1) is 10.6. The van der Waals surface area contributed by atoms with E-state index in [1.165, 1.54) is 11.3 Å². The molecule has 118 valence electrons. The van der Waals surface area contributed by atoms with Gasteiger partial charge in [0.05, 0.1) is 23.3 Å². The zero-order valence-electron chi connectivity index (χ0n) is 12.4. The van der Waals surface area contributed by atoms with Crippen molar-refractivity contribution < 1.29 is 4.79 Å². The van der Waals surface area contributed by atoms with E-state index in [-0.39, 0.29) is 12.1 Å². The predicted octanol–water partition coefficient (Wildman–Crippen LogP) is 3.39. The zero-order valence-corrected chi connectivity index (χ0v) is 14.0. The molecule has 2 atom stereocenters. The van der Waals surface area contributed by atoms with E-state index in [0.717, 1.165) is 22.2 Å². The van der Waals surface area contributed by atoms with Crippen LogP contribution >= 0.6 is 22.9 Å². The molecule has 1 fully saturated rings. The van der Waals surface area contributed by atoms with E-state index < -0.39 is 0 Å². The van der Waals surface area contributed by atoms with Crippen LogP contribution in [0.5, 0.6) is 0 Å². The maximum atomic E-state index is 12.4. The smallest absolute Gasteiger partial charge is 0.317 e. The molecule has 1 N–H and O–H groups in total. The van der Waals surface area contributed by atoms with Crippen molar-refractivity contribution in [2.75, 3.05) is 13.1 Å². The maximum absolute atomic E-state index is 12.4. The molecule has 5 nitrogen and oxygen atoms in total. The third-order valence-electron chi connectivity index (χ3n) is 4.16. The number of thiophene rings is 1. The highest BCUT2D eigenvalue weighted by molar-refractivity contribution is 7.16. The number of amides is 2. The predicted molar refractivity (Wildman–Crippen MR) is 88.2 cm³/mol. The van der Waals surface area contributed by atoms with Crippen LogP contribution < -0.4 is 5.32 Å². The van der Waals surface area contributed by atoms with Gasteiger partial charge >= 0.3 is 6.03 Å². The second kappa shape index (κ2) is 6.71. The number of imidazole rings is 1. The molecule has 0 aliphatic carbocycles. The number of aromatic nitrogens is 2. The van der Waals surface area contributed by atoms with Crippen LogP contribution in [0.4, 0.5) is 4.79 Å². The minimum atomic E-state index is -0.0125. The van der Waals surface area contributed by atoms with Gasteiger partial charge in [0.15, 0.2) is 0 Å². The average Bonchev–Trinajstić information content (AvgIpc) is 3.17. The van der Waals surface area contributed by atoms with Crippen LogP contribution in [-0.4, -0.2) is 33.6 Å². The lowest BCUT2D eigenvalue weighted by Gasteiger charge is -2.37. The Morgan fingerprint density at radius 3 is 3.09 bits per heavy atom. The molecule has 0 bridgehead atoms. The molecule has 0 radical (unpaired) electrons. The lowest BCUT2D eigenvalue weighted by Crippen LogP contribution is -2.47. The van der Waals surface area contributed by atoms with Crippen molar-refractivity contribution in [2.24, 2.45) is 5.92 Å². The molecule has 2 amide bonds. The molecule has 0 saturated carbocycles. The summed E-state index contributed by atoms with van der Waals surface area (Å²) in [5, 5.41) is 2.98. The Morgan fingerprint density at radius 2 is 2.41 bits per heavy atom. The Labute approximate surface area is 138 Å². The number of nitrogens with one attached hydrogen (secondary N) is 1. The summed E-state index contributed by atoms with van der Waals surface area (Å²) in [6, 6.07) is 4.07. The van der Waals surface area contributed by atoms with Crippen LogP contribution in [0, 0.1) is 5.92 Å². The molecule has 0 aromatic carbocycles. The van der Waals surface area contributed by atoms with Gasteiger partial charge in [-0.1, -0.05) is 18.5 Å². The first-order valence-corrected chi connectivity index (χ1v) is 8.57. The van der Waals surface area contributed by atoms with Crippen molar-refractivity contribution in [3.8, 4) is 0 Å². The summed E-state index contributed by atoms with van der Waals surface area (Å²) in [5.41, 5.74) is 0. The number of nitrogens with zero attached hydrogens (tertiary/aromatic N) is 3. The van der Waals surface area contributed by atoms with Crippen LogP contribution in [-0.2, 0) is 6.54 Å². The van der Waals surface area contributed by atoms with Crippen molar-refractivity contribution in [1.82, 2.24) is 19.8 Å². The van der Waals surface area contributed by atoms with Crippen LogP contribution in [0.3, 0.4) is 0 Å². The molecule has 1 aliphatic rings. The van der Waals surface area contributed by atoms with Crippen molar-refractivity contribution in [2.45, 2.75) is 25.9 Å². The number of urea groups is 1. The second-order valence-electron chi connectivity index (χ2n) is 5.65. The summed E-state index contributed by atoms with van der Waals surface area (Å²) in [6.07, 6.45) is 6.58.